The van der Waals surface area contributed by atoms with Crippen molar-refractivity contribution in [2.24, 2.45) is 5.92 Å². The molecule has 180 valence electrons. The van der Waals surface area contributed by atoms with Gasteiger partial charge in [0.05, 0.1) is 25.3 Å². The average Bonchev–Trinajstić information content (AvgIpc) is 3.63. The molecule has 1 aliphatic carbocycles. The van der Waals surface area contributed by atoms with E-state index in [0.717, 1.165) is 18.7 Å². The highest BCUT2D eigenvalue weighted by molar-refractivity contribution is 5.66. The summed E-state index contributed by atoms with van der Waals surface area (Å²) >= 11 is 0. The van der Waals surface area contributed by atoms with Gasteiger partial charge in [-0.15, -0.1) is 0 Å². The lowest BCUT2D eigenvalue weighted by Crippen LogP contribution is -2.46. The predicted molar refractivity (Wildman–Crippen MR) is 127 cm³/mol. The first-order valence-corrected chi connectivity index (χ1v) is 11.5. The van der Waals surface area contributed by atoms with Crippen LogP contribution in [0.2, 0.25) is 0 Å². The van der Waals surface area contributed by atoms with E-state index >= 15 is 0 Å². The van der Waals surface area contributed by atoms with Crippen molar-refractivity contribution < 1.29 is 13.5 Å². The first-order valence-electron chi connectivity index (χ1n) is 11.5. The molecule has 0 spiro atoms. The van der Waals surface area contributed by atoms with Crippen molar-refractivity contribution in [2.45, 2.75) is 39.3 Å². The molecule has 0 saturated heterocycles. The zero-order valence-electron chi connectivity index (χ0n) is 19.6. The predicted octanol–water partition coefficient (Wildman–Crippen LogP) is 3.88. The Kier molecular flexibility index (Phi) is 6.97. The highest BCUT2D eigenvalue weighted by Crippen LogP contribution is 2.28. The maximum Gasteiger partial charge on any atom is 0.331 e. The second kappa shape index (κ2) is 9.93. The molecule has 1 heterocycles. The largest absolute Gasteiger partial charge is 0.497 e. The van der Waals surface area contributed by atoms with E-state index in [1.807, 2.05) is 0 Å². The second-order valence-electron chi connectivity index (χ2n) is 8.89. The molecule has 1 aromatic heterocycles. The fraction of sp³-hybridized carbons (Fsp3) is 0.385. The van der Waals surface area contributed by atoms with Gasteiger partial charge in [0.2, 0.25) is 0 Å². The Balaban J connectivity index is 1.87. The summed E-state index contributed by atoms with van der Waals surface area (Å²) < 4.78 is 36.7. The summed E-state index contributed by atoms with van der Waals surface area (Å²) in [4.78, 5) is 27.2. The van der Waals surface area contributed by atoms with Crippen LogP contribution in [0.25, 0.3) is 11.1 Å². The van der Waals surface area contributed by atoms with Crippen LogP contribution in [0.1, 0.15) is 37.1 Å². The molecule has 0 unspecified atom stereocenters. The van der Waals surface area contributed by atoms with E-state index in [1.165, 1.54) is 35.2 Å². The van der Waals surface area contributed by atoms with Crippen LogP contribution >= 0.6 is 0 Å². The molecule has 6 nitrogen and oxygen atoms in total. The van der Waals surface area contributed by atoms with Gasteiger partial charge in [0.1, 0.15) is 17.4 Å². The van der Waals surface area contributed by atoms with E-state index in [1.54, 1.807) is 38.1 Å². The molecule has 4 rings (SSSR count). The number of rotatable bonds is 9. The van der Waals surface area contributed by atoms with E-state index in [0.29, 0.717) is 35.0 Å². The fourth-order valence-electron chi connectivity index (χ4n) is 4.21. The van der Waals surface area contributed by atoms with Crippen molar-refractivity contribution >= 4 is 0 Å². The topological polar surface area (TPSA) is 65.3 Å². The van der Waals surface area contributed by atoms with Crippen LogP contribution < -0.4 is 21.3 Å². The standard InChI is InChI=1S/C26H29F2N3O3/c1-16(13-29-14-18-10-11-18)31-25(32)24(19-6-4-7-20(12-19)34-3)17(2)30(26(31)33)15-21-22(27)8-5-9-23(21)28/h4-9,12,16,18,29H,10-11,13-15H2,1-3H3/t16-/m0/s1. The summed E-state index contributed by atoms with van der Waals surface area (Å²) in [6.07, 6.45) is 2.37. The van der Waals surface area contributed by atoms with Crippen molar-refractivity contribution in [1.29, 1.82) is 0 Å². The van der Waals surface area contributed by atoms with E-state index in [-0.39, 0.29) is 12.1 Å². The minimum atomic E-state index is -0.744. The first kappa shape index (κ1) is 23.9. The van der Waals surface area contributed by atoms with Gasteiger partial charge in [-0.25, -0.2) is 13.6 Å². The van der Waals surface area contributed by atoms with Gasteiger partial charge in [-0.05, 0) is 69.0 Å². The number of hydrogen-bond acceptors (Lipinski definition) is 4. The van der Waals surface area contributed by atoms with Crippen LogP contribution in [0.15, 0.2) is 52.1 Å². The maximum absolute atomic E-state index is 14.5. The molecule has 0 amide bonds. The Morgan fingerprint density at radius 1 is 1.12 bits per heavy atom. The van der Waals surface area contributed by atoms with Gasteiger partial charge in [-0.1, -0.05) is 18.2 Å². The monoisotopic (exact) mass is 469 g/mol. The summed E-state index contributed by atoms with van der Waals surface area (Å²) in [6.45, 7) is 4.35. The average molecular weight is 470 g/mol. The van der Waals surface area contributed by atoms with Crippen LogP contribution in [0, 0.1) is 24.5 Å². The molecule has 3 aromatic rings. The minimum Gasteiger partial charge on any atom is -0.497 e. The molecule has 1 N–H and O–H groups in total. The molecule has 0 aliphatic heterocycles. The van der Waals surface area contributed by atoms with Gasteiger partial charge in [0.25, 0.3) is 5.56 Å². The van der Waals surface area contributed by atoms with Crippen LogP contribution in [0.3, 0.4) is 0 Å². The Morgan fingerprint density at radius 3 is 2.44 bits per heavy atom. The van der Waals surface area contributed by atoms with Crippen LogP contribution in [0.5, 0.6) is 5.75 Å². The van der Waals surface area contributed by atoms with Gasteiger partial charge < -0.3 is 10.1 Å². The fourth-order valence-corrected chi connectivity index (χ4v) is 4.21. The lowest BCUT2D eigenvalue weighted by Gasteiger charge is -2.22. The van der Waals surface area contributed by atoms with E-state index in [4.69, 9.17) is 4.74 Å². The molecule has 34 heavy (non-hydrogen) atoms. The molecule has 2 aromatic carbocycles. The number of ether oxygens (including phenoxy) is 1. The third-order valence-corrected chi connectivity index (χ3v) is 6.38. The Labute approximate surface area is 196 Å². The molecule has 1 saturated carbocycles. The number of nitrogens with zero attached hydrogens (tertiary/aromatic N) is 2. The SMILES string of the molecule is COc1cccc(-c2c(C)n(Cc3c(F)cccc3F)c(=O)n([C@@H](C)CNCC3CC3)c2=O)c1. The second-order valence-corrected chi connectivity index (χ2v) is 8.89. The minimum absolute atomic E-state index is 0.228. The Hall–Kier alpha value is -3.26. The number of aromatic nitrogens is 2. The van der Waals surface area contributed by atoms with Crippen molar-refractivity contribution in [3.05, 3.63) is 86.2 Å². The lowest BCUT2D eigenvalue weighted by molar-refractivity contribution is 0.415. The zero-order valence-corrected chi connectivity index (χ0v) is 19.6. The van der Waals surface area contributed by atoms with Gasteiger partial charge in [0.15, 0.2) is 0 Å². The summed E-state index contributed by atoms with van der Waals surface area (Å²) in [6, 6.07) is 10.1. The number of hydrogen-bond donors (Lipinski definition) is 1. The molecule has 0 radical (unpaired) electrons. The molecular formula is C26H29F2N3O3. The number of nitrogens with one attached hydrogen (secondary N) is 1. The normalized spacial score (nSPS) is 14.3. The van der Waals surface area contributed by atoms with Gasteiger partial charge in [0, 0.05) is 17.8 Å². The molecule has 1 aliphatic rings. The Morgan fingerprint density at radius 2 is 1.79 bits per heavy atom. The van der Waals surface area contributed by atoms with Crippen LogP contribution in [-0.4, -0.2) is 29.3 Å². The van der Waals surface area contributed by atoms with Gasteiger partial charge in [-0.3, -0.25) is 13.9 Å². The van der Waals surface area contributed by atoms with E-state index < -0.39 is 28.9 Å². The van der Waals surface area contributed by atoms with Crippen molar-refractivity contribution in [3.8, 4) is 16.9 Å². The van der Waals surface area contributed by atoms with Crippen molar-refractivity contribution in [3.63, 3.8) is 0 Å². The lowest BCUT2D eigenvalue weighted by atomic mass is 10.0. The molecule has 1 atom stereocenters. The van der Waals surface area contributed by atoms with E-state index in [2.05, 4.69) is 5.32 Å². The first-order chi connectivity index (χ1) is 16.3. The number of halogens is 2. The van der Waals surface area contributed by atoms with Gasteiger partial charge in [-0.2, -0.15) is 0 Å². The van der Waals surface area contributed by atoms with Crippen molar-refractivity contribution in [1.82, 2.24) is 14.5 Å². The Bertz CT molecular complexity index is 1290. The van der Waals surface area contributed by atoms with Crippen LogP contribution in [0.4, 0.5) is 8.78 Å². The third-order valence-electron chi connectivity index (χ3n) is 6.38. The van der Waals surface area contributed by atoms with E-state index in [9.17, 15) is 18.4 Å². The summed E-state index contributed by atoms with van der Waals surface area (Å²) in [5, 5.41) is 3.33. The summed E-state index contributed by atoms with van der Waals surface area (Å²) in [7, 11) is 1.53. The molecule has 0 bridgehead atoms. The van der Waals surface area contributed by atoms with Gasteiger partial charge >= 0.3 is 5.69 Å². The molecule has 8 heteroatoms. The molecular weight excluding hydrogens is 440 g/mol. The maximum atomic E-state index is 14.5. The van der Waals surface area contributed by atoms with Crippen LogP contribution in [-0.2, 0) is 6.54 Å². The highest BCUT2D eigenvalue weighted by atomic mass is 19.1. The summed E-state index contributed by atoms with van der Waals surface area (Å²) in [5.74, 6) is -0.285. The highest BCUT2D eigenvalue weighted by Gasteiger charge is 2.24. The quantitative estimate of drug-likeness (QED) is 0.517. The van der Waals surface area contributed by atoms with Crippen molar-refractivity contribution in [2.75, 3.05) is 20.2 Å². The summed E-state index contributed by atoms with van der Waals surface area (Å²) in [5.41, 5.74) is -0.0747. The third kappa shape index (κ3) is 4.82. The number of methoxy groups -OCH3 is 1. The smallest absolute Gasteiger partial charge is 0.331 e. The molecule has 1 fully saturated rings. The zero-order chi connectivity index (χ0) is 24.4. The number of benzene rings is 2.